The predicted octanol–water partition coefficient (Wildman–Crippen LogP) is 2.28. The second-order valence-electron chi connectivity index (χ2n) is 4.51. The summed E-state index contributed by atoms with van der Waals surface area (Å²) in [7, 11) is 0. The van der Waals surface area contributed by atoms with Crippen molar-refractivity contribution in [3.63, 3.8) is 0 Å². The van der Waals surface area contributed by atoms with Gasteiger partial charge in [-0.25, -0.2) is 0 Å². The maximum Gasteiger partial charge on any atom is 0.165 e. The maximum absolute atomic E-state index is 11.5. The van der Waals surface area contributed by atoms with Crippen molar-refractivity contribution in [3.05, 3.63) is 11.6 Å². The second-order valence-corrected chi connectivity index (χ2v) is 4.51. The molecule has 1 unspecified atom stereocenters. The molecule has 0 saturated heterocycles. The van der Waals surface area contributed by atoms with Gasteiger partial charge in [0.1, 0.15) is 6.29 Å². The molecule has 0 N–H and O–H groups in total. The van der Waals surface area contributed by atoms with Gasteiger partial charge >= 0.3 is 0 Å². The molecule has 0 heterocycles. The van der Waals surface area contributed by atoms with Crippen LogP contribution in [0.5, 0.6) is 0 Å². The monoisotopic (exact) mass is 192 g/mol. The Labute approximate surface area is 84.4 Å². The molecule has 0 aromatic rings. The van der Waals surface area contributed by atoms with Crippen LogP contribution in [0.4, 0.5) is 0 Å². The van der Waals surface area contributed by atoms with Gasteiger partial charge in [0, 0.05) is 0 Å². The van der Waals surface area contributed by atoms with E-state index < -0.39 is 0 Å². The summed E-state index contributed by atoms with van der Waals surface area (Å²) in [5.41, 5.74) is 1.50. The Morgan fingerprint density at radius 1 is 1.64 bits per heavy atom. The zero-order valence-electron chi connectivity index (χ0n) is 8.58. The summed E-state index contributed by atoms with van der Waals surface area (Å²) in [4.78, 5) is 22.3. The number of ketones is 1. The average molecular weight is 192 g/mol. The third-order valence-corrected chi connectivity index (χ3v) is 3.92. The van der Waals surface area contributed by atoms with E-state index in [9.17, 15) is 9.59 Å². The first-order valence-electron chi connectivity index (χ1n) is 5.42. The molecule has 76 valence electrons. The van der Waals surface area contributed by atoms with Gasteiger partial charge in [-0.1, -0.05) is 12.5 Å². The Bertz CT molecular complexity index is 303. The Morgan fingerprint density at radius 3 is 3.07 bits per heavy atom. The van der Waals surface area contributed by atoms with Crippen LogP contribution in [0, 0.1) is 11.3 Å². The molecule has 0 spiro atoms. The molecule has 2 nitrogen and oxygen atoms in total. The van der Waals surface area contributed by atoms with Gasteiger partial charge in [-0.05, 0) is 43.6 Å². The van der Waals surface area contributed by atoms with Crippen molar-refractivity contribution in [2.75, 3.05) is 0 Å². The van der Waals surface area contributed by atoms with Crippen molar-refractivity contribution in [1.82, 2.24) is 0 Å². The quantitative estimate of drug-likeness (QED) is 0.497. The van der Waals surface area contributed by atoms with Crippen LogP contribution >= 0.6 is 0 Å². The minimum absolute atomic E-state index is 0.0287. The van der Waals surface area contributed by atoms with Crippen LogP contribution in [0.2, 0.25) is 0 Å². The van der Waals surface area contributed by atoms with E-state index in [-0.39, 0.29) is 17.1 Å². The van der Waals surface area contributed by atoms with E-state index in [1.807, 2.05) is 0 Å². The number of allylic oxidation sites excluding steroid dienone is 2. The van der Waals surface area contributed by atoms with Gasteiger partial charge in [-0.2, -0.15) is 0 Å². The molecule has 1 fully saturated rings. The summed E-state index contributed by atoms with van der Waals surface area (Å²) in [6.07, 6.45) is 7.80. The molecular formula is C12H16O2. The number of rotatable bonds is 2. The lowest BCUT2D eigenvalue weighted by molar-refractivity contribution is -0.125. The van der Waals surface area contributed by atoms with Gasteiger partial charge in [-0.3, -0.25) is 4.79 Å². The van der Waals surface area contributed by atoms with Crippen LogP contribution in [0.25, 0.3) is 0 Å². The molecule has 2 heteroatoms. The molecular weight excluding hydrogens is 176 g/mol. The molecule has 0 amide bonds. The largest absolute Gasteiger partial charge is 0.303 e. The van der Waals surface area contributed by atoms with E-state index >= 15 is 0 Å². The highest BCUT2D eigenvalue weighted by atomic mass is 16.1. The maximum atomic E-state index is 11.5. The average Bonchev–Trinajstić information content (AvgIpc) is 2.60. The first-order valence-corrected chi connectivity index (χ1v) is 5.42. The van der Waals surface area contributed by atoms with Gasteiger partial charge in [0.2, 0.25) is 0 Å². The van der Waals surface area contributed by atoms with Gasteiger partial charge < -0.3 is 4.79 Å². The Morgan fingerprint density at radius 2 is 2.43 bits per heavy atom. The van der Waals surface area contributed by atoms with E-state index in [2.05, 4.69) is 6.92 Å². The van der Waals surface area contributed by atoms with Gasteiger partial charge in [-0.15, -0.1) is 0 Å². The van der Waals surface area contributed by atoms with E-state index in [1.54, 1.807) is 6.08 Å². The predicted molar refractivity (Wildman–Crippen MR) is 53.8 cm³/mol. The lowest BCUT2D eigenvalue weighted by Gasteiger charge is -2.34. The molecule has 0 aromatic heterocycles. The van der Waals surface area contributed by atoms with Crippen molar-refractivity contribution in [3.8, 4) is 0 Å². The van der Waals surface area contributed by atoms with Crippen LogP contribution in [0.15, 0.2) is 11.6 Å². The lowest BCUT2D eigenvalue weighted by Crippen LogP contribution is -2.31. The number of hydrogen-bond donors (Lipinski definition) is 0. The van der Waals surface area contributed by atoms with Crippen LogP contribution in [0.1, 0.15) is 39.0 Å². The minimum atomic E-state index is -0.364. The molecule has 0 aliphatic heterocycles. The Kier molecular flexibility index (Phi) is 2.30. The first-order chi connectivity index (χ1) is 6.72. The molecule has 2 aliphatic carbocycles. The fourth-order valence-corrected chi connectivity index (χ4v) is 2.97. The summed E-state index contributed by atoms with van der Waals surface area (Å²) >= 11 is 0. The van der Waals surface area contributed by atoms with Crippen LogP contribution in [0.3, 0.4) is 0 Å². The highest BCUT2D eigenvalue weighted by molar-refractivity contribution is 6.02. The smallest absolute Gasteiger partial charge is 0.165 e. The van der Waals surface area contributed by atoms with Crippen molar-refractivity contribution < 1.29 is 9.59 Å². The third-order valence-electron chi connectivity index (χ3n) is 3.92. The molecule has 2 aliphatic rings. The molecule has 0 aromatic carbocycles. The van der Waals surface area contributed by atoms with E-state index in [0.717, 1.165) is 32.0 Å². The van der Waals surface area contributed by atoms with Crippen LogP contribution in [-0.2, 0) is 9.59 Å². The Hall–Kier alpha value is -0.920. The SMILES string of the molecule is CC[C@@]12CCCC1=CC(=O)C(C=O)C2. The fraction of sp³-hybridized carbons (Fsp3) is 0.667. The summed E-state index contributed by atoms with van der Waals surface area (Å²) in [6, 6.07) is 0. The minimum Gasteiger partial charge on any atom is -0.303 e. The second kappa shape index (κ2) is 3.34. The number of carbonyl (C=O) groups excluding carboxylic acids is 2. The number of aldehydes is 1. The van der Waals surface area contributed by atoms with Crippen molar-refractivity contribution in [2.24, 2.45) is 11.3 Å². The standard InChI is InChI=1S/C12H16O2/c1-2-12-5-3-4-10(12)6-11(14)9(7-12)8-13/h6,8-9H,2-5,7H2,1H3/t9?,12-/m0/s1. The van der Waals surface area contributed by atoms with Gasteiger partial charge in [0.05, 0.1) is 5.92 Å². The van der Waals surface area contributed by atoms with Crippen molar-refractivity contribution in [2.45, 2.75) is 39.0 Å². The van der Waals surface area contributed by atoms with E-state index in [4.69, 9.17) is 0 Å². The molecule has 14 heavy (non-hydrogen) atoms. The number of hydrogen-bond acceptors (Lipinski definition) is 2. The number of carbonyl (C=O) groups is 2. The van der Waals surface area contributed by atoms with Crippen LogP contribution < -0.4 is 0 Å². The first kappa shape index (κ1) is 9.63. The summed E-state index contributed by atoms with van der Waals surface area (Å²) < 4.78 is 0. The molecule has 0 bridgehead atoms. The summed E-state index contributed by atoms with van der Waals surface area (Å²) in [5.74, 6) is -0.335. The van der Waals surface area contributed by atoms with E-state index in [0.29, 0.717) is 0 Å². The van der Waals surface area contributed by atoms with Crippen molar-refractivity contribution >= 4 is 12.1 Å². The van der Waals surface area contributed by atoms with E-state index in [1.165, 1.54) is 12.0 Å². The third kappa shape index (κ3) is 1.24. The summed E-state index contributed by atoms with van der Waals surface area (Å²) in [5, 5.41) is 0. The highest BCUT2D eigenvalue weighted by Crippen LogP contribution is 2.51. The lowest BCUT2D eigenvalue weighted by atomic mass is 9.68. The molecule has 2 rings (SSSR count). The topological polar surface area (TPSA) is 34.1 Å². The molecule has 2 atom stereocenters. The van der Waals surface area contributed by atoms with Gasteiger partial charge in [0.25, 0.3) is 0 Å². The fourth-order valence-electron chi connectivity index (χ4n) is 2.97. The zero-order chi connectivity index (χ0) is 10.2. The van der Waals surface area contributed by atoms with Gasteiger partial charge in [0.15, 0.2) is 5.78 Å². The highest BCUT2D eigenvalue weighted by Gasteiger charge is 2.43. The molecule has 1 saturated carbocycles. The zero-order valence-corrected chi connectivity index (χ0v) is 8.58. The Balaban J connectivity index is 2.36. The summed E-state index contributed by atoms with van der Waals surface area (Å²) in [6.45, 7) is 2.16. The number of fused-ring (bicyclic) bond motifs is 1. The van der Waals surface area contributed by atoms with Crippen LogP contribution in [-0.4, -0.2) is 12.1 Å². The molecule has 0 radical (unpaired) electrons. The normalized spacial score (nSPS) is 36.5. The van der Waals surface area contributed by atoms with Crippen molar-refractivity contribution in [1.29, 1.82) is 0 Å².